The molecule has 6 rings (SSSR count). The summed E-state index contributed by atoms with van der Waals surface area (Å²) < 4.78 is 1.75. The van der Waals surface area contributed by atoms with E-state index in [1.807, 2.05) is 43.5 Å². The molecule has 1 aromatic carbocycles. The number of benzene rings is 1. The summed E-state index contributed by atoms with van der Waals surface area (Å²) in [7, 11) is 0. The van der Waals surface area contributed by atoms with Crippen molar-refractivity contribution in [2.24, 2.45) is 0 Å². The van der Waals surface area contributed by atoms with E-state index in [0.717, 1.165) is 58.6 Å². The monoisotopic (exact) mass is 422 g/mol. The fourth-order valence-electron chi connectivity index (χ4n) is 4.22. The van der Waals surface area contributed by atoms with Crippen molar-refractivity contribution in [2.45, 2.75) is 26.6 Å². The van der Waals surface area contributed by atoms with Gasteiger partial charge in [-0.05, 0) is 48.4 Å². The number of hydrogen-bond acceptors (Lipinski definition) is 6. The van der Waals surface area contributed by atoms with Crippen LogP contribution in [0.15, 0.2) is 61.1 Å². The van der Waals surface area contributed by atoms with Crippen LogP contribution in [0.5, 0.6) is 0 Å². The number of imidazole rings is 1. The Morgan fingerprint density at radius 1 is 1.06 bits per heavy atom. The highest BCUT2D eigenvalue weighted by Gasteiger charge is 2.18. The van der Waals surface area contributed by atoms with Crippen LogP contribution in [-0.4, -0.2) is 29.5 Å². The maximum absolute atomic E-state index is 4.94. The van der Waals surface area contributed by atoms with Gasteiger partial charge in [0, 0.05) is 36.2 Å². The van der Waals surface area contributed by atoms with Gasteiger partial charge in [-0.2, -0.15) is 5.10 Å². The van der Waals surface area contributed by atoms with E-state index in [0.29, 0.717) is 6.54 Å². The predicted octanol–water partition coefficient (Wildman–Crippen LogP) is 3.71. The van der Waals surface area contributed by atoms with Crippen molar-refractivity contribution in [3.63, 3.8) is 0 Å². The number of nitrogens with one attached hydrogen (secondary N) is 3. The van der Waals surface area contributed by atoms with Crippen molar-refractivity contribution in [3.8, 4) is 22.6 Å². The minimum atomic E-state index is 0.586. The Labute approximate surface area is 184 Å². The largest absolute Gasteiger partial charge is 0.378 e. The molecule has 4 aromatic heterocycles. The Kier molecular flexibility index (Phi) is 4.43. The maximum atomic E-state index is 4.94. The summed E-state index contributed by atoms with van der Waals surface area (Å²) in [6.45, 7) is 4.38. The van der Waals surface area contributed by atoms with Gasteiger partial charge >= 0.3 is 0 Å². The van der Waals surface area contributed by atoms with E-state index in [-0.39, 0.29) is 0 Å². The van der Waals surface area contributed by atoms with Crippen LogP contribution >= 0.6 is 0 Å². The highest BCUT2D eigenvalue weighted by molar-refractivity contribution is 5.78. The Balaban J connectivity index is 1.39. The molecule has 158 valence electrons. The zero-order chi connectivity index (χ0) is 21.5. The molecule has 1 aliphatic heterocycles. The lowest BCUT2D eigenvalue weighted by Gasteiger charge is -2.09. The summed E-state index contributed by atoms with van der Waals surface area (Å²) in [4.78, 5) is 17.5. The third kappa shape index (κ3) is 3.30. The number of rotatable bonds is 5. The number of H-pyrrole nitrogens is 1. The van der Waals surface area contributed by atoms with E-state index in [2.05, 4.69) is 43.9 Å². The predicted molar refractivity (Wildman–Crippen MR) is 123 cm³/mol. The number of hydrogen-bond donors (Lipinski definition) is 3. The van der Waals surface area contributed by atoms with Crippen molar-refractivity contribution in [1.82, 2.24) is 34.9 Å². The van der Waals surface area contributed by atoms with Crippen LogP contribution < -0.4 is 10.6 Å². The van der Waals surface area contributed by atoms with Crippen molar-refractivity contribution in [1.29, 1.82) is 0 Å². The second kappa shape index (κ2) is 7.58. The summed E-state index contributed by atoms with van der Waals surface area (Å²) in [5, 5.41) is 11.2. The Hall–Kier alpha value is -4.04. The second-order valence-electron chi connectivity index (χ2n) is 7.95. The molecule has 5 aromatic rings. The van der Waals surface area contributed by atoms with E-state index in [4.69, 9.17) is 9.97 Å². The molecule has 0 unspecified atom stereocenters. The number of fused-ring (bicyclic) bond motifs is 2. The van der Waals surface area contributed by atoms with E-state index < -0.39 is 0 Å². The first-order chi connectivity index (χ1) is 15.7. The van der Waals surface area contributed by atoms with Gasteiger partial charge in [0.25, 0.3) is 0 Å². The summed E-state index contributed by atoms with van der Waals surface area (Å²) >= 11 is 0. The smallest absolute Gasteiger partial charge is 0.155 e. The molecule has 5 heterocycles. The van der Waals surface area contributed by atoms with Gasteiger partial charge in [-0.25, -0.2) is 14.5 Å². The van der Waals surface area contributed by atoms with Crippen LogP contribution in [0.2, 0.25) is 0 Å². The molecule has 8 nitrogen and oxygen atoms in total. The average Bonchev–Trinajstić information content (AvgIpc) is 3.56. The number of aromatic nitrogens is 6. The Morgan fingerprint density at radius 3 is 2.94 bits per heavy atom. The molecule has 0 bridgehead atoms. The van der Waals surface area contributed by atoms with Gasteiger partial charge in [-0.1, -0.05) is 18.2 Å². The highest BCUT2D eigenvalue weighted by atomic mass is 15.3. The Morgan fingerprint density at radius 2 is 2.00 bits per heavy atom. The maximum Gasteiger partial charge on any atom is 0.155 e. The quantitative estimate of drug-likeness (QED) is 0.400. The molecule has 0 saturated carbocycles. The summed E-state index contributed by atoms with van der Waals surface area (Å²) in [5.74, 6) is 0.850. The molecule has 32 heavy (non-hydrogen) atoms. The zero-order valence-electron chi connectivity index (χ0n) is 17.6. The highest BCUT2D eigenvalue weighted by Crippen LogP contribution is 2.30. The standard InChI is InChI=1S/C24H22N8/c1-15-4-2-7-20(29-15)24-23(16-8-9-32-22(10-16)27-14-28-32)30-21(31-24)13-26-19-6-3-5-17-11-25-12-18(17)19/h2-10,14,25-26H,11-13H2,1H3,(H,30,31). The molecular weight excluding hydrogens is 400 g/mol. The van der Waals surface area contributed by atoms with Crippen molar-refractivity contribution < 1.29 is 0 Å². The van der Waals surface area contributed by atoms with Gasteiger partial charge < -0.3 is 15.6 Å². The fraction of sp³-hybridized carbons (Fsp3) is 0.167. The molecule has 0 spiro atoms. The van der Waals surface area contributed by atoms with Crippen LogP contribution in [0.3, 0.4) is 0 Å². The molecule has 0 atom stereocenters. The summed E-state index contributed by atoms with van der Waals surface area (Å²) in [5.41, 5.74) is 9.15. The van der Waals surface area contributed by atoms with Gasteiger partial charge in [0.15, 0.2) is 5.65 Å². The van der Waals surface area contributed by atoms with Gasteiger partial charge in [-0.15, -0.1) is 0 Å². The SMILES string of the molecule is Cc1cccc(-c2nc(CNc3cccc4c3CNC4)[nH]c2-c2ccn3ncnc3c2)n1. The van der Waals surface area contributed by atoms with Crippen LogP contribution in [0, 0.1) is 6.92 Å². The van der Waals surface area contributed by atoms with Crippen LogP contribution in [0.4, 0.5) is 5.69 Å². The number of aryl methyl sites for hydroxylation is 1. The molecule has 0 radical (unpaired) electrons. The first-order valence-corrected chi connectivity index (χ1v) is 10.6. The number of nitrogens with zero attached hydrogens (tertiary/aromatic N) is 5. The molecule has 0 amide bonds. The molecular formula is C24H22N8. The van der Waals surface area contributed by atoms with Gasteiger partial charge in [0.05, 0.1) is 17.9 Å². The topological polar surface area (TPSA) is 95.8 Å². The third-order valence-electron chi connectivity index (χ3n) is 5.79. The molecule has 3 N–H and O–H groups in total. The average molecular weight is 422 g/mol. The first kappa shape index (κ1) is 18.7. The van der Waals surface area contributed by atoms with E-state index in [1.54, 1.807) is 10.8 Å². The minimum absolute atomic E-state index is 0.586. The molecule has 1 aliphatic rings. The first-order valence-electron chi connectivity index (χ1n) is 10.6. The van der Waals surface area contributed by atoms with Crippen molar-refractivity contribution >= 4 is 11.3 Å². The third-order valence-corrected chi connectivity index (χ3v) is 5.79. The van der Waals surface area contributed by atoms with Crippen molar-refractivity contribution in [2.75, 3.05) is 5.32 Å². The van der Waals surface area contributed by atoms with Crippen LogP contribution in [0.1, 0.15) is 22.6 Å². The lowest BCUT2D eigenvalue weighted by Crippen LogP contribution is -2.05. The Bertz CT molecular complexity index is 1430. The van der Waals surface area contributed by atoms with E-state index in [9.17, 15) is 0 Å². The zero-order valence-corrected chi connectivity index (χ0v) is 17.6. The van der Waals surface area contributed by atoms with Gasteiger partial charge in [0.2, 0.25) is 0 Å². The molecule has 0 fully saturated rings. The number of anilines is 1. The van der Waals surface area contributed by atoms with E-state index in [1.165, 1.54) is 11.1 Å². The summed E-state index contributed by atoms with van der Waals surface area (Å²) in [6.07, 6.45) is 3.46. The van der Waals surface area contributed by atoms with E-state index >= 15 is 0 Å². The van der Waals surface area contributed by atoms with Crippen molar-refractivity contribution in [3.05, 3.63) is 83.7 Å². The minimum Gasteiger partial charge on any atom is -0.378 e. The normalized spacial score (nSPS) is 12.9. The number of aromatic amines is 1. The molecule has 8 heteroatoms. The lowest BCUT2D eigenvalue weighted by atomic mass is 10.1. The molecule has 0 aliphatic carbocycles. The summed E-state index contributed by atoms with van der Waals surface area (Å²) in [6, 6.07) is 16.4. The molecule has 0 saturated heterocycles. The van der Waals surface area contributed by atoms with Crippen LogP contribution in [0.25, 0.3) is 28.3 Å². The van der Waals surface area contributed by atoms with Gasteiger partial charge in [-0.3, -0.25) is 4.98 Å². The van der Waals surface area contributed by atoms with Crippen LogP contribution in [-0.2, 0) is 19.6 Å². The second-order valence-corrected chi connectivity index (χ2v) is 7.95. The number of pyridine rings is 2. The fourth-order valence-corrected chi connectivity index (χ4v) is 4.22. The van der Waals surface area contributed by atoms with Gasteiger partial charge in [0.1, 0.15) is 17.8 Å². The lowest BCUT2D eigenvalue weighted by molar-refractivity contribution is 0.765.